The van der Waals surface area contributed by atoms with E-state index in [2.05, 4.69) is 21.9 Å². The van der Waals surface area contributed by atoms with Gasteiger partial charge in [0.25, 0.3) is 0 Å². The van der Waals surface area contributed by atoms with Crippen LogP contribution in [0.2, 0.25) is 0 Å². The minimum Gasteiger partial charge on any atom is -0.453 e. The molecule has 1 rings (SSSR count). The van der Waals surface area contributed by atoms with Gasteiger partial charge in [-0.3, -0.25) is 4.79 Å². The first-order valence-electron chi connectivity index (χ1n) is 7.39. The van der Waals surface area contributed by atoms with Crippen molar-refractivity contribution in [3.8, 4) is 0 Å². The lowest BCUT2D eigenvalue weighted by Gasteiger charge is -2.34. The van der Waals surface area contributed by atoms with Gasteiger partial charge in [-0.05, 0) is 32.9 Å². The maximum Gasteiger partial charge on any atom is 0.407 e. The third kappa shape index (κ3) is 4.33. The highest BCUT2D eigenvalue weighted by molar-refractivity contribution is 5.87. The molecule has 6 nitrogen and oxygen atoms in total. The Kier molecular flexibility index (Phi) is 5.61. The van der Waals surface area contributed by atoms with Gasteiger partial charge in [0.2, 0.25) is 5.91 Å². The van der Waals surface area contributed by atoms with E-state index in [4.69, 9.17) is 0 Å². The average Bonchev–Trinajstić information content (AvgIpc) is 2.75. The summed E-state index contributed by atoms with van der Waals surface area (Å²) in [6.45, 7) is 8.57. The van der Waals surface area contributed by atoms with Crippen LogP contribution in [-0.2, 0) is 9.53 Å². The molecule has 1 heterocycles. The molecule has 0 aromatic rings. The normalized spacial score (nSPS) is 24.1. The Hall–Kier alpha value is -1.30. The predicted octanol–water partition coefficient (Wildman–Crippen LogP) is 1.31. The third-order valence-electron chi connectivity index (χ3n) is 4.13. The molecule has 1 saturated heterocycles. The van der Waals surface area contributed by atoms with Gasteiger partial charge in [-0.2, -0.15) is 0 Å². The minimum absolute atomic E-state index is 0.0373. The number of alkyl carbamates (subject to hydrolysis) is 1. The van der Waals surface area contributed by atoms with Crippen molar-refractivity contribution in [1.29, 1.82) is 0 Å². The van der Waals surface area contributed by atoms with E-state index in [9.17, 15) is 9.59 Å². The zero-order valence-electron chi connectivity index (χ0n) is 14.3. The summed E-state index contributed by atoms with van der Waals surface area (Å²) in [5.41, 5.74) is -0.374. The molecule has 0 unspecified atom stereocenters. The highest BCUT2D eigenvalue weighted by atomic mass is 16.5. The summed E-state index contributed by atoms with van der Waals surface area (Å²) in [6, 6.07) is -0.0507. The molecule has 1 aliphatic heterocycles. The summed E-state index contributed by atoms with van der Waals surface area (Å²) >= 11 is 0. The molecule has 0 bridgehead atoms. The number of hydrogen-bond donors (Lipinski definition) is 1. The predicted molar refractivity (Wildman–Crippen MR) is 82.1 cm³/mol. The van der Waals surface area contributed by atoms with Crippen LogP contribution in [0, 0.1) is 5.41 Å². The van der Waals surface area contributed by atoms with Crippen molar-refractivity contribution < 1.29 is 14.3 Å². The van der Waals surface area contributed by atoms with Gasteiger partial charge in [-0.25, -0.2) is 4.79 Å². The van der Waals surface area contributed by atoms with Gasteiger partial charge in [0.1, 0.15) is 6.04 Å². The van der Waals surface area contributed by atoms with Crippen LogP contribution in [0.4, 0.5) is 4.79 Å². The molecule has 0 aromatic heterocycles. The van der Waals surface area contributed by atoms with Gasteiger partial charge in [0, 0.05) is 18.6 Å². The molecule has 3 atom stereocenters. The van der Waals surface area contributed by atoms with E-state index in [0.717, 1.165) is 6.42 Å². The highest BCUT2D eigenvalue weighted by Gasteiger charge is 2.41. The second kappa shape index (κ2) is 6.64. The number of amides is 2. The van der Waals surface area contributed by atoms with Crippen LogP contribution in [0.15, 0.2) is 0 Å². The second-order valence-electron chi connectivity index (χ2n) is 7.13. The lowest BCUT2D eigenvalue weighted by atomic mass is 9.85. The summed E-state index contributed by atoms with van der Waals surface area (Å²) in [6.07, 6.45) is 0.382. The largest absolute Gasteiger partial charge is 0.453 e. The molecular formula is C15H29N3O3. The van der Waals surface area contributed by atoms with Gasteiger partial charge in [0.15, 0.2) is 0 Å². The topological polar surface area (TPSA) is 61.9 Å². The van der Waals surface area contributed by atoms with E-state index in [1.165, 1.54) is 7.11 Å². The molecule has 0 saturated carbocycles. The Labute approximate surface area is 127 Å². The first-order valence-corrected chi connectivity index (χ1v) is 7.39. The average molecular weight is 299 g/mol. The Balaban J connectivity index is 2.88. The first kappa shape index (κ1) is 17.8. The minimum atomic E-state index is -0.590. The van der Waals surface area contributed by atoms with Crippen LogP contribution in [0.25, 0.3) is 0 Å². The molecule has 2 amide bonds. The molecule has 122 valence electrons. The SMILES string of the molecule is COC(=O)N[C@H](C(=O)N1C[C@H](N(C)C)C[C@H]1C)C(C)(C)C. The Morgan fingerprint density at radius 3 is 2.29 bits per heavy atom. The van der Waals surface area contributed by atoms with E-state index in [1.807, 2.05) is 39.8 Å². The fourth-order valence-electron chi connectivity index (χ4n) is 2.68. The van der Waals surface area contributed by atoms with E-state index in [1.54, 1.807) is 0 Å². The van der Waals surface area contributed by atoms with Crippen molar-refractivity contribution in [2.45, 2.75) is 52.2 Å². The van der Waals surface area contributed by atoms with Crippen LogP contribution in [0.1, 0.15) is 34.1 Å². The molecule has 0 radical (unpaired) electrons. The van der Waals surface area contributed by atoms with Crippen LogP contribution in [0.3, 0.4) is 0 Å². The summed E-state index contributed by atoms with van der Waals surface area (Å²) in [4.78, 5) is 28.4. The van der Waals surface area contributed by atoms with Crippen molar-refractivity contribution in [3.05, 3.63) is 0 Å². The molecule has 6 heteroatoms. The fourth-order valence-corrected chi connectivity index (χ4v) is 2.68. The molecule has 0 spiro atoms. The number of rotatable bonds is 3. The lowest BCUT2D eigenvalue weighted by Crippen LogP contribution is -2.55. The number of likely N-dealkylation sites (N-methyl/N-ethyl adjacent to an activating group) is 1. The van der Waals surface area contributed by atoms with Crippen molar-refractivity contribution in [1.82, 2.24) is 15.1 Å². The number of ether oxygens (including phenoxy) is 1. The Bertz CT molecular complexity index is 390. The maximum absolute atomic E-state index is 12.9. The quantitative estimate of drug-likeness (QED) is 0.853. The number of hydrogen-bond acceptors (Lipinski definition) is 4. The van der Waals surface area contributed by atoms with E-state index in [-0.39, 0.29) is 17.4 Å². The number of carbonyl (C=O) groups excluding carboxylic acids is 2. The van der Waals surface area contributed by atoms with Gasteiger partial charge >= 0.3 is 6.09 Å². The first-order chi connectivity index (χ1) is 9.57. The van der Waals surface area contributed by atoms with Crippen LogP contribution >= 0.6 is 0 Å². The van der Waals surface area contributed by atoms with Crippen molar-refractivity contribution in [2.24, 2.45) is 5.41 Å². The maximum atomic E-state index is 12.9. The highest BCUT2D eigenvalue weighted by Crippen LogP contribution is 2.26. The molecular weight excluding hydrogens is 270 g/mol. The van der Waals surface area contributed by atoms with Crippen LogP contribution in [0.5, 0.6) is 0 Å². The Morgan fingerprint density at radius 1 is 1.33 bits per heavy atom. The number of nitrogens with zero attached hydrogens (tertiary/aromatic N) is 2. The smallest absolute Gasteiger partial charge is 0.407 e. The van der Waals surface area contributed by atoms with Crippen LogP contribution < -0.4 is 5.32 Å². The lowest BCUT2D eigenvalue weighted by molar-refractivity contribution is -0.136. The molecule has 0 aromatic carbocycles. The summed E-state index contributed by atoms with van der Waals surface area (Å²) in [5, 5.41) is 2.68. The van der Waals surface area contributed by atoms with E-state index in [0.29, 0.717) is 12.6 Å². The van der Waals surface area contributed by atoms with E-state index < -0.39 is 12.1 Å². The number of nitrogens with one attached hydrogen (secondary N) is 1. The van der Waals surface area contributed by atoms with Gasteiger partial charge in [0.05, 0.1) is 7.11 Å². The van der Waals surface area contributed by atoms with Gasteiger partial charge in [-0.1, -0.05) is 20.8 Å². The summed E-state index contributed by atoms with van der Waals surface area (Å²) in [5.74, 6) is -0.0373. The zero-order chi connectivity index (χ0) is 16.4. The van der Waals surface area contributed by atoms with E-state index >= 15 is 0 Å². The fraction of sp³-hybridized carbons (Fsp3) is 0.867. The Morgan fingerprint density at radius 2 is 1.90 bits per heavy atom. The monoisotopic (exact) mass is 299 g/mol. The van der Waals surface area contributed by atoms with Crippen molar-refractivity contribution in [3.63, 3.8) is 0 Å². The standard InChI is InChI=1S/C15H29N3O3/c1-10-8-11(17(5)6)9-18(10)13(19)12(15(2,3)4)16-14(20)21-7/h10-12H,8-9H2,1-7H3,(H,16,20)/t10-,11-,12-/m1/s1. The van der Waals surface area contributed by atoms with Gasteiger partial charge < -0.3 is 19.9 Å². The number of carbonyl (C=O) groups is 2. The van der Waals surface area contributed by atoms with Crippen LogP contribution in [-0.4, -0.2) is 67.7 Å². The zero-order valence-corrected chi connectivity index (χ0v) is 14.3. The van der Waals surface area contributed by atoms with Crippen molar-refractivity contribution >= 4 is 12.0 Å². The number of methoxy groups -OCH3 is 1. The molecule has 1 aliphatic rings. The summed E-state index contributed by atoms with van der Waals surface area (Å²) in [7, 11) is 5.36. The van der Waals surface area contributed by atoms with Gasteiger partial charge in [-0.15, -0.1) is 0 Å². The van der Waals surface area contributed by atoms with Crippen molar-refractivity contribution in [2.75, 3.05) is 27.7 Å². The molecule has 1 fully saturated rings. The molecule has 21 heavy (non-hydrogen) atoms. The number of likely N-dealkylation sites (tertiary alicyclic amines) is 1. The third-order valence-corrected chi connectivity index (χ3v) is 4.13. The molecule has 0 aliphatic carbocycles. The summed E-state index contributed by atoms with van der Waals surface area (Å²) < 4.78 is 4.65. The molecule has 1 N–H and O–H groups in total. The second-order valence-corrected chi connectivity index (χ2v) is 7.13.